The van der Waals surface area contributed by atoms with Gasteiger partial charge < -0.3 is 14.4 Å². The number of halogens is 3. The van der Waals surface area contributed by atoms with E-state index in [4.69, 9.17) is 10.3 Å². The third-order valence-corrected chi connectivity index (χ3v) is 3.72. The lowest BCUT2D eigenvalue weighted by molar-refractivity contribution is -0.274. The number of rotatable bonds is 6. The van der Waals surface area contributed by atoms with Gasteiger partial charge in [0.1, 0.15) is 11.4 Å². The Hall–Kier alpha value is -2.61. The SMILES string of the molecule is CC(C)(C)OC(=O)N(CC[C@H](N=[N+]=[N-])c1cccc(OC(F)(F)F)c1)C(C)(C)C. The molecule has 0 spiro atoms. The summed E-state index contributed by atoms with van der Waals surface area (Å²) in [7, 11) is 0. The summed E-state index contributed by atoms with van der Waals surface area (Å²) in [5.41, 5.74) is 7.97. The van der Waals surface area contributed by atoms with Crippen molar-refractivity contribution in [2.45, 2.75) is 71.5 Å². The molecule has 0 saturated heterocycles. The van der Waals surface area contributed by atoms with E-state index in [1.807, 2.05) is 20.8 Å². The average molecular weight is 416 g/mol. The Morgan fingerprint density at radius 2 is 1.83 bits per heavy atom. The van der Waals surface area contributed by atoms with Gasteiger partial charge in [-0.15, -0.1) is 13.2 Å². The van der Waals surface area contributed by atoms with Gasteiger partial charge in [-0.1, -0.05) is 17.2 Å². The third kappa shape index (κ3) is 8.95. The first kappa shape index (κ1) is 24.4. The Morgan fingerprint density at radius 1 is 1.21 bits per heavy atom. The molecular formula is C19H27F3N4O3. The van der Waals surface area contributed by atoms with Gasteiger partial charge in [0, 0.05) is 17.0 Å². The molecule has 0 radical (unpaired) electrons. The van der Waals surface area contributed by atoms with Gasteiger partial charge in [-0.05, 0) is 71.2 Å². The average Bonchev–Trinajstić information content (AvgIpc) is 2.49. The van der Waals surface area contributed by atoms with Crippen LogP contribution in [0, 0.1) is 0 Å². The fourth-order valence-electron chi connectivity index (χ4n) is 2.54. The third-order valence-electron chi connectivity index (χ3n) is 3.72. The molecule has 29 heavy (non-hydrogen) atoms. The molecule has 1 amide bonds. The number of alkyl halides is 3. The molecule has 1 aromatic rings. The Kier molecular flexibility index (Phi) is 7.80. The Morgan fingerprint density at radius 3 is 2.31 bits per heavy atom. The van der Waals surface area contributed by atoms with Crippen molar-refractivity contribution in [3.05, 3.63) is 40.3 Å². The van der Waals surface area contributed by atoms with Crippen LogP contribution in [-0.4, -0.2) is 35.0 Å². The molecule has 0 saturated carbocycles. The largest absolute Gasteiger partial charge is 0.573 e. The van der Waals surface area contributed by atoms with Crippen LogP contribution in [0.2, 0.25) is 0 Å². The minimum absolute atomic E-state index is 0.173. The van der Waals surface area contributed by atoms with E-state index >= 15 is 0 Å². The lowest BCUT2D eigenvalue weighted by atomic mass is 10.0. The molecule has 0 aliphatic carbocycles. The highest BCUT2D eigenvalue weighted by Crippen LogP contribution is 2.30. The topological polar surface area (TPSA) is 87.5 Å². The van der Waals surface area contributed by atoms with E-state index in [1.54, 1.807) is 20.8 Å². The van der Waals surface area contributed by atoms with Crippen LogP contribution in [0.25, 0.3) is 10.4 Å². The molecular weight excluding hydrogens is 389 g/mol. The number of hydrogen-bond donors (Lipinski definition) is 0. The molecule has 162 valence electrons. The van der Waals surface area contributed by atoms with Crippen molar-refractivity contribution in [1.82, 2.24) is 4.90 Å². The number of amides is 1. The summed E-state index contributed by atoms with van der Waals surface area (Å²) in [5, 5.41) is 3.68. The number of hydrogen-bond acceptors (Lipinski definition) is 4. The first-order chi connectivity index (χ1) is 13.1. The molecule has 0 N–H and O–H groups in total. The number of benzene rings is 1. The summed E-state index contributed by atoms with van der Waals surface area (Å²) < 4.78 is 46.8. The van der Waals surface area contributed by atoms with E-state index < -0.39 is 35.4 Å². The van der Waals surface area contributed by atoms with Crippen LogP contribution < -0.4 is 4.74 Å². The van der Waals surface area contributed by atoms with Crippen molar-refractivity contribution in [2.75, 3.05) is 6.54 Å². The predicted molar refractivity (Wildman–Crippen MR) is 102 cm³/mol. The number of carbonyl (C=O) groups is 1. The van der Waals surface area contributed by atoms with Gasteiger partial charge in [0.15, 0.2) is 0 Å². The van der Waals surface area contributed by atoms with Gasteiger partial charge in [0.2, 0.25) is 0 Å². The van der Waals surface area contributed by atoms with Crippen molar-refractivity contribution in [3.8, 4) is 5.75 Å². The molecule has 0 aliphatic heterocycles. The lowest BCUT2D eigenvalue weighted by Gasteiger charge is -2.37. The molecule has 0 fully saturated rings. The van der Waals surface area contributed by atoms with E-state index in [0.717, 1.165) is 6.07 Å². The van der Waals surface area contributed by atoms with Crippen molar-refractivity contribution in [3.63, 3.8) is 0 Å². The molecule has 0 bridgehead atoms. The maximum Gasteiger partial charge on any atom is 0.573 e. The van der Waals surface area contributed by atoms with E-state index in [1.165, 1.54) is 23.1 Å². The monoisotopic (exact) mass is 416 g/mol. The van der Waals surface area contributed by atoms with Gasteiger partial charge in [-0.25, -0.2) is 4.79 Å². The van der Waals surface area contributed by atoms with Crippen molar-refractivity contribution < 1.29 is 27.4 Å². The summed E-state index contributed by atoms with van der Waals surface area (Å²) in [4.78, 5) is 16.9. The number of carbonyl (C=O) groups excluding carboxylic acids is 1. The zero-order chi connectivity index (χ0) is 22.5. The van der Waals surface area contributed by atoms with Crippen molar-refractivity contribution >= 4 is 6.09 Å². The second-order valence-corrected chi connectivity index (χ2v) is 8.43. The predicted octanol–water partition coefficient (Wildman–Crippen LogP) is 6.36. The van der Waals surface area contributed by atoms with Crippen molar-refractivity contribution in [1.29, 1.82) is 0 Å². The molecule has 0 unspecified atom stereocenters. The number of nitrogens with zero attached hydrogens (tertiary/aromatic N) is 4. The van der Waals surface area contributed by atoms with Crippen LogP contribution in [0.15, 0.2) is 29.4 Å². The summed E-state index contributed by atoms with van der Waals surface area (Å²) in [6.45, 7) is 10.9. The van der Waals surface area contributed by atoms with E-state index in [-0.39, 0.29) is 13.0 Å². The van der Waals surface area contributed by atoms with E-state index in [0.29, 0.717) is 5.56 Å². The zero-order valence-corrected chi connectivity index (χ0v) is 17.4. The lowest BCUT2D eigenvalue weighted by Crippen LogP contribution is -2.48. The van der Waals surface area contributed by atoms with Crippen LogP contribution in [0.1, 0.15) is 59.6 Å². The Labute approximate surface area is 168 Å². The quantitative estimate of drug-likeness (QED) is 0.307. The van der Waals surface area contributed by atoms with E-state index in [9.17, 15) is 18.0 Å². The number of ether oxygens (including phenoxy) is 2. The zero-order valence-electron chi connectivity index (χ0n) is 17.4. The molecule has 0 aromatic heterocycles. The normalized spacial score (nSPS) is 13.3. The second kappa shape index (κ2) is 9.26. The molecule has 1 atom stereocenters. The molecule has 0 aliphatic rings. The van der Waals surface area contributed by atoms with Crippen LogP contribution in [0.3, 0.4) is 0 Å². The van der Waals surface area contributed by atoms with Crippen LogP contribution >= 0.6 is 0 Å². The maximum atomic E-state index is 12.6. The summed E-state index contributed by atoms with van der Waals surface area (Å²) in [6, 6.07) is 4.46. The summed E-state index contributed by atoms with van der Waals surface area (Å²) >= 11 is 0. The smallest absolute Gasteiger partial charge is 0.444 e. The maximum absolute atomic E-state index is 12.6. The highest BCUT2D eigenvalue weighted by atomic mass is 19.4. The van der Waals surface area contributed by atoms with Crippen molar-refractivity contribution in [2.24, 2.45) is 5.11 Å². The second-order valence-electron chi connectivity index (χ2n) is 8.43. The van der Waals surface area contributed by atoms with Gasteiger partial charge in [0.05, 0.1) is 6.04 Å². The molecule has 7 nitrogen and oxygen atoms in total. The summed E-state index contributed by atoms with van der Waals surface area (Å²) in [5.74, 6) is -0.409. The Bertz CT molecular complexity index is 748. The minimum Gasteiger partial charge on any atom is -0.444 e. The minimum atomic E-state index is -4.83. The highest BCUT2D eigenvalue weighted by Gasteiger charge is 2.32. The highest BCUT2D eigenvalue weighted by molar-refractivity contribution is 5.69. The Balaban J connectivity index is 3.04. The molecule has 10 heteroatoms. The van der Waals surface area contributed by atoms with Gasteiger partial charge >= 0.3 is 12.5 Å². The molecule has 1 rings (SSSR count). The van der Waals surface area contributed by atoms with Crippen LogP contribution in [0.5, 0.6) is 5.75 Å². The summed E-state index contributed by atoms with van der Waals surface area (Å²) in [6.07, 6.45) is -5.17. The van der Waals surface area contributed by atoms with Crippen LogP contribution in [-0.2, 0) is 4.74 Å². The fraction of sp³-hybridized carbons (Fsp3) is 0.632. The fourth-order valence-corrected chi connectivity index (χ4v) is 2.54. The standard InChI is InChI=1S/C19H27F3N4O3/c1-17(2,3)26(16(27)29-18(4,5)6)11-10-15(24-25-23)13-8-7-9-14(12-13)28-19(20,21)22/h7-9,12,15H,10-11H2,1-6H3/t15-/m0/s1. The van der Waals surface area contributed by atoms with Gasteiger partial charge in [-0.3, -0.25) is 0 Å². The first-order valence-corrected chi connectivity index (χ1v) is 9.03. The van der Waals surface area contributed by atoms with Crippen LogP contribution in [0.4, 0.5) is 18.0 Å². The molecule has 0 heterocycles. The first-order valence-electron chi connectivity index (χ1n) is 9.03. The van der Waals surface area contributed by atoms with Gasteiger partial charge in [0.25, 0.3) is 0 Å². The van der Waals surface area contributed by atoms with E-state index in [2.05, 4.69) is 14.8 Å². The number of azide groups is 1. The molecule has 1 aromatic carbocycles. The van der Waals surface area contributed by atoms with Gasteiger partial charge in [-0.2, -0.15) is 0 Å².